The number of allylic oxidation sites excluding steroid dienone is 16. The number of carbonyl (C=O) groups excluding carboxylic acids is 3. The largest absolute Gasteiger partial charge is 0.462 e. The topological polar surface area (TPSA) is 78.9 Å². The van der Waals surface area contributed by atoms with Crippen LogP contribution in [0.2, 0.25) is 0 Å². The highest BCUT2D eigenvalue weighted by Gasteiger charge is 2.19. The van der Waals surface area contributed by atoms with Gasteiger partial charge in [0.05, 0.1) is 0 Å². The number of unbranched alkanes of at least 4 members (excludes halogenated alkanes) is 15. The molecule has 6 nitrogen and oxygen atoms in total. The molecule has 0 bridgehead atoms. The normalized spacial score (nSPS) is 12.9. The van der Waals surface area contributed by atoms with E-state index in [0.29, 0.717) is 19.3 Å². The molecule has 0 aliphatic rings. The van der Waals surface area contributed by atoms with E-state index in [1.54, 1.807) is 0 Å². The molecule has 60 heavy (non-hydrogen) atoms. The van der Waals surface area contributed by atoms with Crippen molar-refractivity contribution < 1.29 is 28.6 Å². The zero-order valence-electron chi connectivity index (χ0n) is 38.7. The Morgan fingerprint density at radius 1 is 0.350 bits per heavy atom. The lowest BCUT2D eigenvalue weighted by Crippen LogP contribution is -2.30. The second-order valence-corrected chi connectivity index (χ2v) is 15.6. The van der Waals surface area contributed by atoms with Gasteiger partial charge >= 0.3 is 17.9 Å². The zero-order chi connectivity index (χ0) is 43.7. The second kappa shape index (κ2) is 48.0. The van der Waals surface area contributed by atoms with Crippen molar-refractivity contribution in [2.75, 3.05) is 13.2 Å². The minimum Gasteiger partial charge on any atom is -0.462 e. The van der Waals surface area contributed by atoms with Crippen LogP contribution in [-0.4, -0.2) is 37.2 Å². The van der Waals surface area contributed by atoms with Gasteiger partial charge in [-0.3, -0.25) is 14.4 Å². The Hall–Kier alpha value is -3.67. The van der Waals surface area contributed by atoms with Gasteiger partial charge in [0.1, 0.15) is 13.2 Å². The number of esters is 3. The second-order valence-electron chi connectivity index (χ2n) is 15.6. The lowest BCUT2D eigenvalue weighted by atomic mass is 10.1. The fourth-order valence-electron chi connectivity index (χ4n) is 6.15. The van der Waals surface area contributed by atoms with Crippen LogP contribution in [0.5, 0.6) is 0 Å². The first kappa shape index (κ1) is 56.3. The molecule has 0 aliphatic heterocycles. The summed E-state index contributed by atoms with van der Waals surface area (Å²) in [5.41, 5.74) is 0. The standard InChI is InChI=1S/C54H88O6/c1-4-7-10-13-16-19-22-24-25-26-27-28-29-30-33-35-38-41-44-47-53(56)59-50-51(49-58-52(55)46-43-40-37-34-31-21-18-15-12-9-6-3)60-54(57)48-45-42-39-36-32-23-20-17-14-11-8-5-2/h7,10,15-20,24-25,27-28,30,33,38,41,51H,4-6,8-9,11-14,21-23,26,29,31-32,34-37,39-40,42-50H2,1-3H3/b10-7-,18-15-,19-16-,20-17-,25-24-,28-27-,33-30-,41-38-/t51-/m1/s1. The quantitative estimate of drug-likeness (QED) is 0.0264. The number of hydrogen-bond donors (Lipinski definition) is 0. The number of rotatable bonds is 42. The molecule has 6 heteroatoms. The Morgan fingerprint density at radius 2 is 0.700 bits per heavy atom. The summed E-state index contributed by atoms with van der Waals surface area (Å²) in [6.45, 7) is 6.36. The van der Waals surface area contributed by atoms with Gasteiger partial charge in [-0.2, -0.15) is 0 Å². The maximum atomic E-state index is 12.7. The van der Waals surface area contributed by atoms with Gasteiger partial charge in [-0.05, 0) is 103 Å². The van der Waals surface area contributed by atoms with Gasteiger partial charge in [-0.25, -0.2) is 0 Å². The average Bonchev–Trinajstić information content (AvgIpc) is 3.24. The lowest BCUT2D eigenvalue weighted by Gasteiger charge is -2.18. The van der Waals surface area contributed by atoms with E-state index in [-0.39, 0.29) is 37.5 Å². The maximum Gasteiger partial charge on any atom is 0.306 e. The molecule has 0 radical (unpaired) electrons. The molecule has 0 aromatic rings. The van der Waals surface area contributed by atoms with E-state index < -0.39 is 6.10 Å². The molecule has 0 amide bonds. The van der Waals surface area contributed by atoms with Gasteiger partial charge in [-0.1, -0.05) is 182 Å². The van der Waals surface area contributed by atoms with E-state index in [2.05, 4.69) is 106 Å². The molecule has 0 rings (SSSR count). The Labute approximate surface area is 368 Å². The summed E-state index contributed by atoms with van der Waals surface area (Å²) < 4.78 is 16.6. The fourth-order valence-corrected chi connectivity index (χ4v) is 6.15. The van der Waals surface area contributed by atoms with Gasteiger partial charge in [0.15, 0.2) is 6.10 Å². The molecule has 0 saturated carbocycles. The van der Waals surface area contributed by atoms with Crippen molar-refractivity contribution in [3.05, 3.63) is 97.2 Å². The van der Waals surface area contributed by atoms with Crippen LogP contribution in [0.25, 0.3) is 0 Å². The summed E-state index contributed by atoms with van der Waals surface area (Å²) >= 11 is 0. The summed E-state index contributed by atoms with van der Waals surface area (Å²) in [6, 6.07) is 0. The first-order valence-electron chi connectivity index (χ1n) is 24.2. The van der Waals surface area contributed by atoms with Crippen molar-refractivity contribution >= 4 is 17.9 Å². The van der Waals surface area contributed by atoms with E-state index in [0.717, 1.165) is 103 Å². The first-order valence-corrected chi connectivity index (χ1v) is 24.2. The summed E-state index contributed by atoms with van der Waals surface area (Å²) in [4.78, 5) is 37.8. The van der Waals surface area contributed by atoms with Crippen LogP contribution in [0.3, 0.4) is 0 Å². The number of ether oxygens (including phenoxy) is 3. The average molecular weight is 833 g/mol. The molecule has 0 N–H and O–H groups in total. The van der Waals surface area contributed by atoms with Crippen LogP contribution in [0.1, 0.15) is 207 Å². The molecule has 1 atom stereocenters. The minimum absolute atomic E-state index is 0.110. The highest BCUT2D eigenvalue weighted by atomic mass is 16.6. The van der Waals surface area contributed by atoms with Crippen molar-refractivity contribution in [3.63, 3.8) is 0 Å². The summed E-state index contributed by atoms with van der Waals surface area (Å²) in [7, 11) is 0. The van der Waals surface area contributed by atoms with E-state index in [4.69, 9.17) is 14.2 Å². The van der Waals surface area contributed by atoms with Crippen molar-refractivity contribution in [1.82, 2.24) is 0 Å². The van der Waals surface area contributed by atoms with Gasteiger partial charge in [0.25, 0.3) is 0 Å². The molecule has 0 aromatic carbocycles. The Morgan fingerprint density at radius 3 is 1.17 bits per heavy atom. The van der Waals surface area contributed by atoms with Crippen LogP contribution in [0, 0.1) is 0 Å². The molecule has 0 aromatic heterocycles. The molecule has 0 unspecified atom stereocenters. The Balaban J connectivity index is 4.51. The van der Waals surface area contributed by atoms with E-state index in [1.807, 2.05) is 12.2 Å². The minimum atomic E-state index is -0.814. The monoisotopic (exact) mass is 833 g/mol. The first-order chi connectivity index (χ1) is 29.5. The highest BCUT2D eigenvalue weighted by molar-refractivity contribution is 5.71. The van der Waals surface area contributed by atoms with Crippen LogP contribution < -0.4 is 0 Å². The lowest BCUT2D eigenvalue weighted by molar-refractivity contribution is -0.166. The van der Waals surface area contributed by atoms with Gasteiger partial charge < -0.3 is 14.2 Å². The molecule has 0 fully saturated rings. The number of hydrogen-bond acceptors (Lipinski definition) is 6. The molecular formula is C54H88O6. The van der Waals surface area contributed by atoms with Crippen molar-refractivity contribution in [2.24, 2.45) is 0 Å². The third-order valence-electron chi connectivity index (χ3n) is 9.81. The Bertz CT molecular complexity index is 1230. The van der Waals surface area contributed by atoms with E-state index >= 15 is 0 Å². The predicted molar refractivity (Wildman–Crippen MR) is 256 cm³/mol. The maximum absolute atomic E-state index is 12.7. The highest BCUT2D eigenvalue weighted by Crippen LogP contribution is 2.12. The van der Waals surface area contributed by atoms with Gasteiger partial charge in [0, 0.05) is 19.3 Å². The molecule has 0 heterocycles. The van der Waals surface area contributed by atoms with Crippen LogP contribution in [0.15, 0.2) is 97.2 Å². The van der Waals surface area contributed by atoms with Crippen molar-refractivity contribution in [3.8, 4) is 0 Å². The predicted octanol–water partition coefficient (Wildman–Crippen LogP) is 15.8. The zero-order valence-corrected chi connectivity index (χ0v) is 38.7. The van der Waals surface area contributed by atoms with Crippen molar-refractivity contribution in [2.45, 2.75) is 213 Å². The molecular weight excluding hydrogens is 745 g/mol. The van der Waals surface area contributed by atoms with E-state index in [9.17, 15) is 14.4 Å². The SMILES string of the molecule is CC/C=C\C/C=C\C/C=C\C/C=C\C/C=C\C/C=C\CCC(=O)OC[C@@H](COC(=O)CCCCCCC/C=C\CCCC)OC(=O)CCCCCCC/C=C\CCCCC. The number of carbonyl (C=O) groups is 3. The summed E-state index contributed by atoms with van der Waals surface area (Å²) in [5, 5.41) is 0. The molecule has 340 valence electrons. The van der Waals surface area contributed by atoms with Gasteiger partial charge in [0.2, 0.25) is 0 Å². The fraction of sp³-hybridized carbons (Fsp3) is 0.648. The van der Waals surface area contributed by atoms with Crippen LogP contribution >= 0.6 is 0 Å². The van der Waals surface area contributed by atoms with Crippen molar-refractivity contribution in [1.29, 1.82) is 0 Å². The molecule has 0 spiro atoms. The Kier molecular flexibility index (Phi) is 45.1. The third-order valence-corrected chi connectivity index (χ3v) is 9.81. The van der Waals surface area contributed by atoms with Crippen LogP contribution in [-0.2, 0) is 28.6 Å². The van der Waals surface area contributed by atoms with E-state index in [1.165, 1.54) is 57.8 Å². The third kappa shape index (κ3) is 45.4. The summed E-state index contributed by atoms with van der Waals surface area (Å²) in [5.74, 6) is -1.02. The van der Waals surface area contributed by atoms with Crippen LogP contribution in [0.4, 0.5) is 0 Å². The summed E-state index contributed by atoms with van der Waals surface area (Å²) in [6.07, 6.45) is 62.6. The molecule has 0 saturated heterocycles. The van der Waals surface area contributed by atoms with Gasteiger partial charge in [-0.15, -0.1) is 0 Å². The molecule has 0 aliphatic carbocycles. The smallest absolute Gasteiger partial charge is 0.306 e.